The monoisotopic (exact) mass is 488 g/mol. The molecule has 0 radical (unpaired) electrons. The van der Waals surface area contributed by atoms with Crippen molar-refractivity contribution in [1.29, 1.82) is 0 Å². The molecular weight excluding hydrogens is 455 g/mol. The number of rotatable bonds is 8. The van der Waals surface area contributed by atoms with Crippen LogP contribution in [0.25, 0.3) is 0 Å². The fraction of sp³-hybridized carbons (Fsp3) is 0.600. The fourth-order valence-electron chi connectivity index (χ4n) is 3.20. The number of hydrogen-bond donors (Lipinski definition) is 1. The third-order valence-electron chi connectivity index (χ3n) is 4.73. The number of aliphatic imine (C=N–C) groups is 1. The van der Waals surface area contributed by atoms with Crippen LogP contribution in [0.4, 0.5) is 5.69 Å². The van der Waals surface area contributed by atoms with Crippen molar-refractivity contribution in [1.82, 2.24) is 10.2 Å². The minimum Gasteiger partial charge on any atom is -0.469 e. The maximum Gasteiger partial charge on any atom is 0.305 e. The Bertz CT molecular complexity index is 560. The summed E-state index contributed by atoms with van der Waals surface area (Å²) >= 11 is 0. The Morgan fingerprint density at radius 2 is 1.74 bits per heavy atom. The van der Waals surface area contributed by atoms with Crippen molar-refractivity contribution < 1.29 is 9.53 Å². The summed E-state index contributed by atoms with van der Waals surface area (Å²) in [6, 6.07) is 10.6. The number of benzene rings is 1. The molecule has 1 aromatic rings. The van der Waals surface area contributed by atoms with Crippen molar-refractivity contribution in [2.75, 3.05) is 51.8 Å². The second kappa shape index (κ2) is 13.6. The highest BCUT2D eigenvalue weighted by Crippen LogP contribution is 2.15. The van der Waals surface area contributed by atoms with E-state index in [4.69, 9.17) is 0 Å². The molecule has 1 aliphatic heterocycles. The molecule has 1 fully saturated rings. The first-order valence-electron chi connectivity index (χ1n) is 9.57. The van der Waals surface area contributed by atoms with Crippen molar-refractivity contribution in [3.05, 3.63) is 30.3 Å². The number of guanidine groups is 1. The van der Waals surface area contributed by atoms with E-state index in [1.165, 1.54) is 12.8 Å². The van der Waals surface area contributed by atoms with E-state index in [2.05, 4.69) is 55.2 Å². The summed E-state index contributed by atoms with van der Waals surface area (Å²) in [5.41, 5.74) is 1.29. The summed E-state index contributed by atoms with van der Waals surface area (Å²) in [5.74, 6) is 0.880. The average molecular weight is 488 g/mol. The number of methoxy groups -OCH3 is 1. The van der Waals surface area contributed by atoms with Crippen LogP contribution < -0.4 is 10.2 Å². The zero-order chi connectivity index (χ0) is 18.6. The van der Waals surface area contributed by atoms with Crippen LogP contribution >= 0.6 is 24.0 Å². The molecule has 0 saturated carbocycles. The van der Waals surface area contributed by atoms with Gasteiger partial charge in [0.1, 0.15) is 0 Å². The van der Waals surface area contributed by atoms with Gasteiger partial charge in [-0.05, 0) is 25.0 Å². The Balaban J connectivity index is 0.00000364. The molecule has 0 spiro atoms. The van der Waals surface area contributed by atoms with Crippen LogP contribution in [-0.4, -0.2) is 63.7 Å². The lowest BCUT2D eigenvalue weighted by atomic mass is 10.1. The van der Waals surface area contributed by atoms with Crippen molar-refractivity contribution in [3.8, 4) is 0 Å². The molecule has 1 N–H and O–H groups in total. The van der Waals surface area contributed by atoms with Gasteiger partial charge in [0, 0.05) is 51.9 Å². The molecule has 7 heteroatoms. The van der Waals surface area contributed by atoms with Crippen molar-refractivity contribution in [2.45, 2.75) is 32.1 Å². The number of para-hydroxylation sites is 1. The molecule has 0 amide bonds. The van der Waals surface area contributed by atoms with E-state index >= 15 is 0 Å². The lowest BCUT2D eigenvalue weighted by Crippen LogP contribution is -2.52. The Hall–Kier alpha value is -1.51. The SMILES string of the molecule is CN=C(NCCCCCCC(=O)OC)N1CCN(c2ccccc2)CC1.I. The van der Waals surface area contributed by atoms with Gasteiger partial charge in [-0.25, -0.2) is 0 Å². The van der Waals surface area contributed by atoms with Crippen LogP contribution in [0.2, 0.25) is 0 Å². The number of nitrogens with one attached hydrogen (secondary N) is 1. The zero-order valence-electron chi connectivity index (χ0n) is 16.5. The van der Waals surface area contributed by atoms with Gasteiger partial charge in [-0.2, -0.15) is 0 Å². The molecule has 27 heavy (non-hydrogen) atoms. The second-order valence-electron chi connectivity index (χ2n) is 6.52. The van der Waals surface area contributed by atoms with E-state index in [1.807, 2.05) is 7.05 Å². The first kappa shape index (κ1) is 23.5. The Morgan fingerprint density at radius 1 is 1.07 bits per heavy atom. The maximum atomic E-state index is 11.1. The number of anilines is 1. The molecule has 2 rings (SSSR count). The van der Waals surface area contributed by atoms with Crippen molar-refractivity contribution in [3.63, 3.8) is 0 Å². The minimum atomic E-state index is -0.113. The summed E-state index contributed by atoms with van der Waals surface area (Å²) in [6.45, 7) is 4.90. The van der Waals surface area contributed by atoms with Crippen LogP contribution in [0.3, 0.4) is 0 Å². The molecule has 1 heterocycles. The molecule has 0 atom stereocenters. The van der Waals surface area contributed by atoms with Gasteiger partial charge in [-0.15, -0.1) is 24.0 Å². The fourth-order valence-corrected chi connectivity index (χ4v) is 3.20. The van der Waals surface area contributed by atoms with Crippen molar-refractivity contribution in [2.24, 2.45) is 4.99 Å². The van der Waals surface area contributed by atoms with Crippen LogP contribution in [0.15, 0.2) is 35.3 Å². The number of nitrogens with zero attached hydrogens (tertiary/aromatic N) is 3. The van der Waals surface area contributed by atoms with E-state index < -0.39 is 0 Å². The highest BCUT2D eigenvalue weighted by Gasteiger charge is 2.19. The van der Waals surface area contributed by atoms with E-state index in [1.54, 1.807) is 0 Å². The van der Waals surface area contributed by atoms with Gasteiger partial charge in [0.15, 0.2) is 5.96 Å². The van der Waals surface area contributed by atoms with Gasteiger partial charge in [0.25, 0.3) is 0 Å². The number of ether oxygens (including phenoxy) is 1. The lowest BCUT2D eigenvalue weighted by Gasteiger charge is -2.37. The number of hydrogen-bond acceptors (Lipinski definition) is 4. The first-order chi connectivity index (χ1) is 12.7. The minimum absolute atomic E-state index is 0. The molecule has 0 unspecified atom stereocenters. The number of piperazine rings is 1. The second-order valence-corrected chi connectivity index (χ2v) is 6.52. The molecule has 0 aromatic heterocycles. The summed E-state index contributed by atoms with van der Waals surface area (Å²) in [7, 11) is 3.29. The van der Waals surface area contributed by atoms with Crippen molar-refractivity contribution >= 4 is 41.6 Å². The highest BCUT2D eigenvalue weighted by atomic mass is 127. The number of carbonyl (C=O) groups is 1. The van der Waals surface area contributed by atoms with Gasteiger partial charge in [0.2, 0.25) is 0 Å². The predicted octanol–water partition coefficient (Wildman–Crippen LogP) is 3.13. The molecule has 152 valence electrons. The smallest absolute Gasteiger partial charge is 0.305 e. The van der Waals surface area contributed by atoms with Crippen LogP contribution in [0.5, 0.6) is 0 Å². The summed E-state index contributed by atoms with van der Waals surface area (Å²) < 4.78 is 4.65. The molecule has 0 aliphatic carbocycles. The number of halogens is 1. The maximum absolute atomic E-state index is 11.1. The van der Waals surface area contributed by atoms with Gasteiger partial charge in [-0.1, -0.05) is 31.0 Å². The largest absolute Gasteiger partial charge is 0.469 e. The molecule has 1 aromatic carbocycles. The Labute approximate surface area is 180 Å². The number of carbonyl (C=O) groups excluding carboxylic acids is 1. The number of esters is 1. The third kappa shape index (κ3) is 8.36. The third-order valence-corrected chi connectivity index (χ3v) is 4.73. The molecule has 6 nitrogen and oxygen atoms in total. The molecular formula is C20H33IN4O2. The normalized spacial score (nSPS) is 14.5. The zero-order valence-corrected chi connectivity index (χ0v) is 18.9. The summed E-state index contributed by atoms with van der Waals surface area (Å²) in [6.07, 6.45) is 4.69. The van der Waals surface area contributed by atoms with Gasteiger partial charge >= 0.3 is 5.97 Å². The van der Waals surface area contributed by atoms with E-state index in [9.17, 15) is 4.79 Å². The van der Waals surface area contributed by atoms with Crippen LogP contribution in [-0.2, 0) is 9.53 Å². The van der Waals surface area contributed by atoms with Gasteiger partial charge in [-0.3, -0.25) is 9.79 Å². The first-order valence-corrected chi connectivity index (χ1v) is 9.57. The lowest BCUT2D eigenvalue weighted by molar-refractivity contribution is -0.140. The average Bonchev–Trinajstić information content (AvgIpc) is 2.71. The van der Waals surface area contributed by atoms with Crippen LogP contribution in [0, 0.1) is 0 Å². The van der Waals surface area contributed by atoms with Gasteiger partial charge < -0.3 is 19.9 Å². The van der Waals surface area contributed by atoms with Gasteiger partial charge in [0.05, 0.1) is 7.11 Å². The number of unbranched alkanes of at least 4 members (excludes halogenated alkanes) is 3. The van der Waals surface area contributed by atoms with E-state index in [0.717, 1.165) is 64.4 Å². The Morgan fingerprint density at radius 3 is 2.37 bits per heavy atom. The van der Waals surface area contributed by atoms with E-state index in [-0.39, 0.29) is 29.9 Å². The Kier molecular flexibility index (Phi) is 11.9. The summed E-state index contributed by atoms with van der Waals surface area (Å²) in [4.78, 5) is 20.2. The highest BCUT2D eigenvalue weighted by molar-refractivity contribution is 14.0. The standard InChI is InChI=1S/C20H32N4O2.HI/c1-21-20(22-13-9-4-3-8-12-19(25)26-2)24-16-14-23(15-17-24)18-10-6-5-7-11-18;/h5-7,10-11H,3-4,8-9,12-17H2,1-2H3,(H,21,22);1H. The molecule has 1 aliphatic rings. The molecule has 1 saturated heterocycles. The summed E-state index contributed by atoms with van der Waals surface area (Å²) in [5, 5.41) is 3.47. The predicted molar refractivity (Wildman–Crippen MR) is 122 cm³/mol. The topological polar surface area (TPSA) is 57.2 Å². The van der Waals surface area contributed by atoms with Crippen LogP contribution in [0.1, 0.15) is 32.1 Å². The molecule has 0 bridgehead atoms. The quantitative estimate of drug-likeness (QED) is 0.200. The van der Waals surface area contributed by atoms with E-state index in [0.29, 0.717) is 6.42 Å².